The summed E-state index contributed by atoms with van der Waals surface area (Å²) in [6.45, 7) is 13.0. The lowest BCUT2D eigenvalue weighted by Gasteiger charge is -2.21. The Labute approximate surface area is 132 Å². The minimum atomic E-state index is 0.404. The van der Waals surface area contributed by atoms with Gasteiger partial charge in [0.2, 0.25) is 0 Å². The molecule has 2 heteroatoms. The van der Waals surface area contributed by atoms with Crippen molar-refractivity contribution in [3.8, 4) is 0 Å². The Morgan fingerprint density at radius 1 is 1.14 bits per heavy atom. The van der Waals surface area contributed by atoms with E-state index in [9.17, 15) is 0 Å². The van der Waals surface area contributed by atoms with Gasteiger partial charge in [-0.15, -0.1) is 11.3 Å². The molecule has 1 fully saturated rings. The van der Waals surface area contributed by atoms with E-state index < -0.39 is 0 Å². The van der Waals surface area contributed by atoms with Crippen molar-refractivity contribution >= 4 is 21.4 Å². The molecule has 1 aliphatic carbocycles. The zero-order valence-corrected chi connectivity index (χ0v) is 14.7. The second kappa shape index (κ2) is 5.10. The lowest BCUT2D eigenvalue weighted by Crippen LogP contribution is -2.26. The average Bonchev–Trinajstić information content (AvgIpc) is 2.79. The van der Waals surface area contributed by atoms with Crippen LogP contribution >= 0.6 is 11.3 Å². The summed E-state index contributed by atoms with van der Waals surface area (Å²) >= 11 is 1.88. The van der Waals surface area contributed by atoms with Gasteiger partial charge in [-0.3, -0.25) is 0 Å². The van der Waals surface area contributed by atoms with Crippen molar-refractivity contribution < 1.29 is 0 Å². The molecule has 0 radical (unpaired) electrons. The van der Waals surface area contributed by atoms with Crippen molar-refractivity contribution in [2.45, 2.75) is 47.1 Å². The standard InChI is InChI=1S/C19H27NS/c1-6-11-20-16(17-18(2,3)19(17,4)5)14-12-21-15-10-8-7-9-13(14)15/h7-10,12,16-17,20H,6,11H2,1-5H3. The van der Waals surface area contributed by atoms with Gasteiger partial charge in [0.05, 0.1) is 0 Å². The summed E-state index contributed by atoms with van der Waals surface area (Å²) in [5, 5.41) is 7.66. The molecule has 0 amide bonds. The first-order valence-electron chi connectivity index (χ1n) is 8.10. The molecule has 1 nitrogen and oxygen atoms in total. The quantitative estimate of drug-likeness (QED) is 0.755. The minimum absolute atomic E-state index is 0.404. The highest BCUT2D eigenvalue weighted by Crippen LogP contribution is 2.72. The van der Waals surface area contributed by atoms with Crippen molar-refractivity contribution in [2.75, 3.05) is 6.54 Å². The van der Waals surface area contributed by atoms with Crippen LogP contribution in [0.2, 0.25) is 0 Å². The third-order valence-corrected chi connectivity index (χ3v) is 6.91. The van der Waals surface area contributed by atoms with Crippen molar-refractivity contribution in [1.82, 2.24) is 5.32 Å². The van der Waals surface area contributed by atoms with Gasteiger partial charge < -0.3 is 5.32 Å². The van der Waals surface area contributed by atoms with E-state index in [1.165, 1.54) is 22.1 Å². The van der Waals surface area contributed by atoms with Gasteiger partial charge in [-0.25, -0.2) is 0 Å². The zero-order chi connectivity index (χ0) is 15.3. The van der Waals surface area contributed by atoms with Crippen LogP contribution in [0.3, 0.4) is 0 Å². The van der Waals surface area contributed by atoms with Crippen LogP contribution in [0.25, 0.3) is 10.1 Å². The predicted octanol–water partition coefficient (Wildman–Crippen LogP) is 5.62. The van der Waals surface area contributed by atoms with Crippen molar-refractivity contribution in [1.29, 1.82) is 0 Å². The Morgan fingerprint density at radius 2 is 1.81 bits per heavy atom. The highest BCUT2D eigenvalue weighted by molar-refractivity contribution is 7.17. The largest absolute Gasteiger partial charge is 0.310 e. The number of fused-ring (bicyclic) bond motifs is 1. The molecule has 1 aromatic heterocycles. The van der Waals surface area contributed by atoms with Gasteiger partial charge in [0.15, 0.2) is 0 Å². The molecule has 0 bridgehead atoms. The summed E-state index contributed by atoms with van der Waals surface area (Å²) in [5.74, 6) is 0.703. The fourth-order valence-electron chi connectivity index (χ4n) is 4.03. The van der Waals surface area contributed by atoms with Gasteiger partial charge >= 0.3 is 0 Å². The maximum atomic E-state index is 3.84. The molecular weight excluding hydrogens is 274 g/mol. The van der Waals surface area contributed by atoms with Crippen LogP contribution in [0.1, 0.15) is 52.6 Å². The molecule has 1 atom stereocenters. The fourth-order valence-corrected chi connectivity index (χ4v) is 5.02. The summed E-state index contributed by atoms with van der Waals surface area (Å²) in [5.41, 5.74) is 2.32. The highest BCUT2D eigenvalue weighted by atomic mass is 32.1. The molecule has 1 aromatic carbocycles. The van der Waals surface area contributed by atoms with Gasteiger partial charge in [0.1, 0.15) is 0 Å². The van der Waals surface area contributed by atoms with E-state index in [-0.39, 0.29) is 0 Å². The Morgan fingerprint density at radius 3 is 2.43 bits per heavy atom. The van der Waals surface area contributed by atoms with Crippen molar-refractivity contribution in [3.05, 3.63) is 35.2 Å². The van der Waals surface area contributed by atoms with Gasteiger partial charge in [-0.05, 0) is 52.1 Å². The molecule has 0 spiro atoms. The Kier molecular flexibility index (Phi) is 3.66. The summed E-state index contributed by atoms with van der Waals surface area (Å²) < 4.78 is 1.41. The van der Waals surface area contributed by atoms with E-state index in [1.54, 1.807) is 0 Å². The fraction of sp³-hybridized carbons (Fsp3) is 0.579. The number of thiophene rings is 1. The highest BCUT2D eigenvalue weighted by Gasteiger charge is 2.67. The van der Waals surface area contributed by atoms with Crippen LogP contribution in [0.4, 0.5) is 0 Å². The van der Waals surface area contributed by atoms with Crippen molar-refractivity contribution in [3.63, 3.8) is 0 Å². The van der Waals surface area contributed by atoms with Gasteiger partial charge in [0.25, 0.3) is 0 Å². The molecule has 1 saturated carbocycles. The molecule has 0 saturated heterocycles. The van der Waals surface area contributed by atoms with E-state index in [1.807, 2.05) is 11.3 Å². The lowest BCUT2D eigenvalue weighted by atomic mass is 9.96. The molecule has 1 N–H and O–H groups in total. The lowest BCUT2D eigenvalue weighted by molar-refractivity contribution is 0.413. The van der Waals surface area contributed by atoms with Crippen LogP contribution in [0.5, 0.6) is 0 Å². The number of benzene rings is 1. The van der Waals surface area contributed by atoms with E-state index in [0.29, 0.717) is 22.8 Å². The summed E-state index contributed by atoms with van der Waals surface area (Å²) in [4.78, 5) is 0. The molecule has 114 valence electrons. The zero-order valence-electron chi connectivity index (χ0n) is 13.9. The summed E-state index contributed by atoms with van der Waals surface area (Å²) in [7, 11) is 0. The Hall–Kier alpha value is -0.860. The minimum Gasteiger partial charge on any atom is -0.310 e. The topological polar surface area (TPSA) is 12.0 Å². The van der Waals surface area contributed by atoms with Gasteiger partial charge in [0, 0.05) is 10.7 Å². The third kappa shape index (κ3) is 2.24. The molecular formula is C19H27NS. The Bertz CT molecular complexity index is 624. The molecule has 1 aliphatic rings. The Balaban J connectivity index is 2.01. The molecule has 1 unspecified atom stereocenters. The van der Waals surface area contributed by atoms with E-state index in [2.05, 4.69) is 69.6 Å². The van der Waals surface area contributed by atoms with Crippen LogP contribution in [-0.4, -0.2) is 6.54 Å². The maximum Gasteiger partial charge on any atom is 0.0373 e. The maximum absolute atomic E-state index is 3.84. The molecule has 1 heterocycles. The van der Waals surface area contributed by atoms with E-state index in [0.717, 1.165) is 6.54 Å². The number of hydrogen-bond donors (Lipinski definition) is 1. The number of nitrogens with one attached hydrogen (secondary N) is 1. The first-order chi connectivity index (χ1) is 9.91. The first-order valence-corrected chi connectivity index (χ1v) is 8.98. The van der Waals surface area contributed by atoms with Crippen LogP contribution < -0.4 is 5.32 Å². The second-order valence-corrected chi connectivity index (χ2v) is 8.45. The first kappa shape index (κ1) is 15.1. The number of hydrogen-bond acceptors (Lipinski definition) is 2. The molecule has 2 aromatic rings. The normalized spacial score (nSPS) is 21.6. The summed E-state index contributed by atoms with van der Waals surface area (Å²) in [6, 6.07) is 9.31. The van der Waals surface area contributed by atoms with E-state index in [4.69, 9.17) is 0 Å². The molecule has 0 aliphatic heterocycles. The average molecular weight is 301 g/mol. The predicted molar refractivity (Wildman–Crippen MR) is 93.9 cm³/mol. The number of rotatable bonds is 5. The van der Waals surface area contributed by atoms with Crippen molar-refractivity contribution in [2.24, 2.45) is 16.7 Å². The smallest absolute Gasteiger partial charge is 0.0373 e. The van der Waals surface area contributed by atoms with Gasteiger partial charge in [-0.2, -0.15) is 0 Å². The summed E-state index contributed by atoms with van der Waals surface area (Å²) in [6.07, 6.45) is 1.19. The van der Waals surface area contributed by atoms with Crippen LogP contribution in [0, 0.1) is 16.7 Å². The van der Waals surface area contributed by atoms with Crippen LogP contribution in [-0.2, 0) is 0 Å². The second-order valence-electron chi connectivity index (χ2n) is 7.54. The van der Waals surface area contributed by atoms with E-state index >= 15 is 0 Å². The SMILES string of the molecule is CCCNC(c1csc2ccccc12)C1C(C)(C)C1(C)C. The monoisotopic (exact) mass is 301 g/mol. The molecule has 3 rings (SSSR count). The molecule has 21 heavy (non-hydrogen) atoms. The van der Waals surface area contributed by atoms with Crippen LogP contribution in [0.15, 0.2) is 29.6 Å². The third-order valence-electron chi connectivity index (χ3n) is 5.93. The van der Waals surface area contributed by atoms with Gasteiger partial charge in [-0.1, -0.05) is 52.8 Å².